The molecule has 6 rings (SSSR count). The highest BCUT2D eigenvalue weighted by Gasteiger charge is 2.54. The SMILES string of the molecule is Cc1cc2c(cc1C)[n+](Cc1ccc(Br)cc1)cn2CC(=O)N1CCC2(C)c3ccccc3N(C)C12.[Br-]. The van der Waals surface area contributed by atoms with Crippen molar-refractivity contribution in [2.45, 2.75) is 51.9 Å². The van der Waals surface area contributed by atoms with Gasteiger partial charge in [0.1, 0.15) is 12.7 Å². The second-order valence-corrected chi connectivity index (χ2v) is 11.6. The van der Waals surface area contributed by atoms with E-state index in [9.17, 15) is 4.79 Å². The van der Waals surface area contributed by atoms with Gasteiger partial charge in [0, 0.05) is 29.2 Å². The van der Waals surface area contributed by atoms with Crippen LogP contribution in [0.15, 0.2) is 71.5 Å². The number of amides is 1. The Morgan fingerprint density at radius 3 is 2.54 bits per heavy atom. The molecule has 0 radical (unpaired) electrons. The Kier molecular flexibility index (Phi) is 6.73. The van der Waals surface area contributed by atoms with Crippen molar-refractivity contribution in [3.05, 3.63) is 93.7 Å². The maximum Gasteiger partial charge on any atom is 0.266 e. The maximum absolute atomic E-state index is 13.9. The van der Waals surface area contributed by atoms with E-state index >= 15 is 0 Å². The third-order valence-corrected chi connectivity index (χ3v) is 8.91. The Hall–Kier alpha value is -2.64. The minimum absolute atomic E-state index is 0. The fourth-order valence-corrected chi connectivity index (χ4v) is 6.59. The summed E-state index contributed by atoms with van der Waals surface area (Å²) in [5, 5.41) is 0. The van der Waals surface area contributed by atoms with Crippen molar-refractivity contribution < 1.29 is 26.3 Å². The van der Waals surface area contributed by atoms with E-state index in [1.807, 2.05) is 0 Å². The molecule has 0 bridgehead atoms. The van der Waals surface area contributed by atoms with Crippen LogP contribution in [0.1, 0.15) is 35.6 Å². The molecule has 0 saturated carbocycles. The van der Waals surface area contributed by atoms with E-state index in [4.69, 9.17) is 0 Å². The van der Waals surface area contributed by atoms with Crippen LogP contribution in [0.25, 0.3) is 11.0 Å². The quantitative estimate of drug-likeness (QED) is 0.327. The average molecular weight is 624 g/mol. The Labute approximate surface area is 237 Å². The molecule has 4 aromatic rings. The van der Waals surface area contributed by atoms with Gasteiger partial charge in [-0.25, -0.2) is 9.13 Å². The third kappa shape index (κ3) is 4.20. The molecular formula is C30H32Br2N4O. The van der Waals surface area contributed by atoms with Gasteiger partial charge in [-0.1, -0.05) is 53.2 Å². The summed E-state index contributed by atoms with van der Waals surface area (Å²) in [5.41, 5.74) is 8.56. The number of hydrogen-bond acceptors (Lipinski definition) is 2. The number of aromatic nitrogens is 2. The third-order valence-electron chi connectivity index (χ3n) is 8.38. The summed E-state index contributed by atoms with van der Waals surface area (Å²) in [4.78, 5) is 18.3. The first-order valence-corrected chi connectivity index (χ1v) is 13.4. The topological polar surface area (TPSA) is 32.4 Å². The molecule has 5 nitrogen and oxygen atoms in total. The molecule has 2 aliphatic rings. The number of anilines is 1. The van der Waals surface area contributed by atoms with Gasteiger partial charge in [0.25, 0.3) is 5.91 Å². The number of fused-ring (bicyclic) bond motifs is 4. The molecular weight excluding hydrogens is 592 g/mol. The van der Waals surface area contributed by atoms with Crippen molar-refractivity contribution in [1.82, 2.24) is 9.47 Å². The highest BCUT2D eigenvalue weighted by molar-refractivity contribution is 9.10. The highest BCUT2D eigenvalue weighted by Crippen LogP contribution is 2.51. The number of carbonyl (C=O) groups excluding carboxylic acids is 1. The number of aryl methyl sites for hydroxylation is 2. The van der Waals surface area contributed by atoms with Crippen LogP contribution in [0.2, 0.25) is 0 Å². The lowest BCUT2D eigenvalue weighted by molar-refractivity contribution is -0.663. The van der Waals surface area contributed by atoms with Crippen LogP contribution >= 0.6 is 15.9 Å². The fraction of sp³-hybridized carbons (Fsp3) is 0.333. The van der Waals surface area contributed by atoms with Crippen molar-refractivity contribution in [2.24, 2.45) is 0 Å². The summed E-state index contributed by atoms with van der Waals surface area (Å²) in [6.07, 6.45) is 3.16. The standard InChI is InChI=1S/C30H32BrN4O.BrH/c1-20-15-26-27(16-21(20)2)34(19-33(26)17-22-9-11-23(31)12-10-22)18-28(36)35-14-13-30(3)24-7-5-6-8-25(24)32(4)29(30)35;/h5-12,15-16,19,29H,13-14,17-18H2,1-4H3;1H/q+1;/p-1. The largest absolute Gasteiger partial charge is 1.00 e. The van der Waals surface area contributed by atoms with Gasteiger partial charge >= 0.3 is 0 Å². The zero-order valence-electron chi connectivity index (χ0n) is 21.7. The number of rotatable bonds is 4. The molecule has 2 unspecified atom stereocenters. The van der Waals surface area contributed by atoms with Crippen LogP contribution in [-0.2, 0) is 23.3 Å². The molecule has 0 spiro atoms. The van der Waals surface area contributed by atoms with Gasteiger partial charge in [-0.3, -0.25) is 4.79 Å². The zero-order valence-corrected chi connectivity index (χ0v) is 24.9. The first kappa shape index (κ1) is 26.0. The van der Waals surface area contributed by atoms with Gasteiger partial charge < -0.3 is 26.8 Å². The molecule has 2 aliphatic heterocycles. The summed E-state index contributed by atoms with van der Waals surface area (Å²) in [5.74, 6) is 0.175. The van der Waals surface area contributed by atoms with E-state index in [1.54, 1.807) is 0 Å². The van der Waals surface area contributed by atoms with Crippen molar-refractivity contribution in [2.75, 3.05) is 18.5 Å². The minimum atomic E-state index is -0.0328. The van der Waals surface area contributed by atoms with Crippen LogP contribution in [0, 0.1) is 13.8 Å². The molecule has 1 amide bonds. The van der Waals surface area contributed by atoms with Crippen LogP contribution in [0.3, 0.4) is 0 Å². The molecule has 3 heterocycles. The Bertz CT molecular complexity index is 1500. The smallest absolute Gasteiger partial charge is 0.266 e. The second-order valence-electron chi connectivity index (χ2n) is 10.7. The number of nitrogens with zero attached hydrogens (tertiary/aromatic N) is 4. The summed E-state index contributed by atoms with van der Waals surface area (Å²) >= 11 is 3.53. The van der Waals surface area contributed by atoms with Gasteiger partial charge in [0.2, 0.25) is 6.33 Å². The fourth-order valence-electron chi connectivity index (χ4n) is 6.33. The number of likely N-dealkylation sites (tertiary alicyclic amines) is 1. The number of hydrogen-bond donors (Lipinski definition) is 0. The first-order chi connectivity index (χ1) is 17.3. The van der Waals surface area contributed by atoms with Crippen molar-refractivity contribution in [1.29, 1.82) is 0 Å². The molecule has 7 heteroatoms. The summed E-state index contributed by atoms with van der Waals surface area (Å²) in [6, 6.07) is 21.5. The van der Waals surface area contributed by atoms with Crippen molar-refractivity contribution >= 4 is 38.6 Å². The summed E-state index contributed by atoms with van der Waals surface area (Å²) in [6.45, 7) is 8.49. The van der Waals surface area contributed by atoms with E-state index in [2.05, 4.69) is 130 Å². The van der Waals surface area contributed by atoms with Gasteiger partial charge in [-0.2, -0.15) is 0 Å². The lowest BCUT2D eigenvalue weighted by Crippen LogP contribution is -3.00. The number of para-hydroxylation sites is 1. The number of carbonyl (C=O) groups is 1. The molecule has 37 heavy (non-hydrogen) atoms. The molecule has 3 aromatic carbocycles. The predicted molar refractivity (Wildman–Crippen MR) is 147 cm³/mol. The Morgan fingerprint density at radius 1 is 1.08 bits per heavy atom. The van der Waals surface area contributed by atoms with E-state index in [-0.39, 0.29) is 34.5 Å². The van der Waals surface area contributed by atoms with Crippen LogP contribution in [0.4, 0.5) is 5.69 Å². The Balaban J connectivity index is 0.00000280. The number of imidazole rings is 1. The van der Waals surface area contributed by atoms with E-state index in [1.165, 1.54) is 27.9 Å². The van der Waals surface area contributed by atoms with Crippen LogP contribution in [0.5, 0.6) is 0 Å². The molecule has 192 valence electrons. The molecule has 1 aromatic heterocycles. The lowest BCUT2D eigenvalue weighted by atomic mass is 9.81. The van der Waals surface area contributed by atoms with E-state index in [0.29, 0.717) is 6.54 Å². The van der Waals surface area contributed by atoms with E-state index < -0.39 is 0 Å². The lowest BCUT2D eigenvalue weighted by Gasteiger charge is -2.34. The molecule has 0 aliphatic carbocycles. The van der Waals surface area contributed by atoms with Gasteiger partial charge in [0.05, 0.1) is 0 Å². The minimum Gasteiger partial charge on any atom is -1.00 e. The maximum atomic E-state index is 13.9. The second kappa shape index (κ2) is 9.59. The first-order valence-electron chi connectivity index (χ1n) is 12.6. The molecule has 2 atom stereocenters. The van der Waals surface area contributed by atoms with Crippen molar-refractivity contribution in [3.63, 3.8) is 0 Å². The van der Waals surface area contributed by atoms with Crippen molar-refractivity contribution in [3.8, 4) is 0 Å². The van der Waals surface area contributed by atoms with Crippen LogP contribution in [-0.4, -0.2) is 35.1 Å². The van der Waals surface area contributed by atoms with Gasteiger partial charge in [-0.15, -0.1) is 0 Å². The molecule has 0 N–H and O–H groups in total. The molecule has 1 saturated heterocycles. The Morgan fingerprint density at radius 2 is 1.78 bits per heavy atom. The van der Waals surface area contributed by atoms with Crippen LogP contribution < -0.4 is 26.4 Å². The zero-order chi connectivity index (χ0) is 25.2. The summed E-state index contributed by atoms with van der Waals surface area (Å²) < 4.78 is 5.48. The van der Waals surface area contributed by atoms with Gasteiger partial charge in [0.15, 0.2) is 17.6 Å². The number of halogens is 2. The molecule has 1 fully saturated rings. The monoisotopic (exact) mass is 622 g/mol. The normalized spacial score (nSPS) is 20.2. The average Bonchev–Trinajstić information content (AvgIpc) is 3.45. The number of likely N-dealkylation sites (N-methyl/N-ethyl adjacent to an activating group) is 1. The summed E-state index contributed by atoms with van der Waals surface area (Å²) in [7, 11) is 2.13. The highest BCUT2D eigenvalue weighted by atomic mass is 79.9. The predicted octanol–water partition coefficient (Wildman–Crippen LogP) is 2.33. The van der Waals surface area contributed by atoms with Gasteiger partial charge in [-0.05, 0) is 72.9 Å². The number of benzene rings is 3. The van der Waals surface area contributed by atoms with E-state index in [0.717, 1.165) is 35.0 Å².